The summed E-state index contributed by atoms with van der Waals surface area (Å²) in [6.07, 6.45) is 0.665. The van der Waals surface area contributed by atoms with E-state index >= 15 is 0 Å². The smallest absolute Gasteiger partial charge is 0.304 e. The molecule has 0 aliphatic heterocycles. The van der Waals surface area contributed by atoms with Crippen LogP contribution < -0.4 is 5.73 Å². The molecule has 96 valence electrons. The van der Waals surface area contributed by atoms with E-state index < -0.39 is 14.9 Å². The molecule has 0 unspecified atom stereocenters. The third kappa shape index (κ3) is 2.73. The molecule has 1 rings (SSSR count). The van der Waals surface area contributed by atoms with E-state index in [1.54, 1.807) is 0 Å². The minimum Gasteiger partial charge on any atom is -0.385 e. The molecule has 0 saturated carbocycles. The Morgan fingerprint density at radius 2 is 2.18 bits per heavy atom. The summed E-state index contributed by atoms with van der Waals surface area (Å²) >= 11 is 0.710. The second-order valence-corrected chi connectivity index (χ2v) is 6.75. The number of nitrogens with zero attached hydrogens (tertiary/aromatic N) is 2. The van der Waals surface area contributed by atoms with Gasteiger partial charge in [-0.15, -0.1) is 0 Å². The van der Waals surface area contributed by atoms with Gasteiger partial charge in [-0.1, -0.05) is 18.3 Å². The lowest BCUT2D eigenvalue weighted by Crippen LogP contribution is -2.26. The molecule has 0 aliphatic rings. The Labute approximate surface area is 103 Å². The van der Waals surface area contributed by atoms with Crippen LogP contribution in [-0.4, -0.2) is 31.2 Å². The van der Waals surface area contributed by atoms with E-state index in [1.807, 2.05) is 6.92 Å². The van der Waals surface area contributed by atoms with E-state index in [-0.39, 0.29) is 14.9 Å². The molecule has 0 spiro atoms. The van der Waals surface area contributed by atoms with E-state index in [9.17, 15) is 18.5 Å². The third-order valence-electron chi connectivity index (χ3n) is 2.12. The average Bonchev–Trinajstić information content (AvgIpc) is 2.61. The van der Waals surface area contributed by atoms with Crippen LogP contribution in [0.1, 0.15) is 13.3 Å². The van der Waals surface area contributed by atoms with Crippen LogP contribution in [0.2, 0.25) is 0 Å². The van der Waals surface area contributed by atoms with Crippen molar-refractivity contribution in [1.82, 2.24) is 4.31 Å². The van der Waals surface area contributed by atoms with Crippen molar-refractivity contribution in [2.75, 3.05) is 19.3 Å². The van der Waals surface area contributed by atoms with Crippen LogP contribution in [0.15, 0.2) is 10.3 Å². The largest absolute Gasteiger partial charge is 0.385 e. The van der Waals surface area contributed by atoms with Gasteiger partial charge in [-0.25, -0.2) is 12.7 Å². The molecule has 17 heavy (non-hydrogen) atoms. The second kappa shape index (κ2) is 4.98. The van der Waals surface area contributed by atoms with Gasteiger partial charge in [0, 0.05) is 19.7 Å². The van der Waals surface area contributed by atoms with Crippen LogP contribution in [-0.2, 0) is 10.0 Å². The zero-order valence-corrected chi connectivity index (χ0v) is 11.0. The maximum atomic E-state index is 12.0. The third-order valence-corrected chi connectivity index (χ3v) is 5.38. The zero-order chi connectivity index (χ0) is 13.2. The number of hydrogen-bond donors (Lipinski definition) is 1. The Morgan fingerprint density at radius 3 is 2.59 bits per heavy atom. The van der Waals surface area contributed by atoms with Gasteiger partial charge in [0.25, 0.3) is 10.0 Å². The fourth-order valence-corrected chi connectivity index (χ4v) is 3.92. The first-order chi connectivity index (χ1) is 7.80. The summed E-state index contributed by atoms with van der Waals surface area (Å²) in [4.78, 5) is 9.89. The number of nitrogens with two attached hydrogens (primary N) is 1. The molecule has 1 heterocycles. The summed E-state index contributed by atoms with van der Waals surface area (Å²) in [5.41, 5.74) is 5.04. The maximum Gasteiger partial charge on any atom is 0.304 e. The highest BCUT2D eigenvalue weighted by molar-refractivity contribution is 7.91. The van der Waals surface area contributed by atoms with Crippen molar-refractivity contribution in [2.24, 2.45) is 0 Å². The molecular formula is C8H13N3O4S2. The summed E-state index contributed by atoms with van der Waals surface area (Å²) in [6.45, 7) is 2.20. The Bertz CT molecular complexity index is 523. The summed E-state index contributed by atoms with van der Waals surface area (Å²) in [5, 5.41) is 10.5. The summed E-state index contributed by atoms with van der Waals surface area (Å²) < 4.78 is 25.0. The Morgan fingerprint density at radius 1 is 1.59 bits per heavy atom. The van der Waals surface area contributed by atoms with Gasteiger partial charge in [-0.2, -0.15) is 0 Å². The number of sulfonamides is 1. The number of anilines is 1. The minimum absolute atomic E-state index is 0.0986. The number of nitrogen functional groups attached to an aromatic ring is 1. The lowest BCUT2D eigenvalue weighted by molar-refractivity contribution is -0.383. The molecule has 0 amide bonds. The van der Waals surface area contributed by atoms with E-state index in [0.29, 0.717) is 24.3 Å². The van der Waals surface area contributed by atoms with Crippen molar-refractivity contribution >= 4 is 32.0 Å². The first-order valence-corrected chi connectivity index (χ1v) is 7.06. The topological polar surface area (TPSA) is 107 Å². The van der Waals surface area contributed by atoms with Gasteiger partial charge in [-0.05, 0) is 6.42 Å². The highest BCUT2D eigenvalue weighted by Gasteiger charge is 2.27. The van der Waals surface area contributed by atoms with E-state index in [2.05, 4.69) is 0 Å². The SMILES string of the molecule is CCCN(C)S(=O)(=O)c1cc([N+](=O)[O-])c(N)s1. The summed E-state index contributed by atoms with van der Waals surface area (Å²) in [7, 11) is -2.24. The predicted octanol–water partition coefficient (Wildman–Crippen LogP) is 1.27. The zero-order valence-electron chi connectivity index (χ0n) is 9.41. The molecule has 0 aromatic carbocycles. The Balaban J connectivity index is 3.17. The van der Waals surface area contributed by atoms with Crippen LogP contribution in [0.4, 0.5) is 10.7 Å². The van der Waals surface area contributed by atoms with Crippen molar-refractivity contribution in [3.05, 3.63) is 16.2 Å². The van der Waals surface area contributed by atoms with Crippen molar-refractivity contribution in [3.8, 4) is 0 Å². The molecule has 1 aromatic heterocycles. The Hall–Kier alpha value is -1.19. The predicted molar refractivity (Wildman–Crippen MR) is 65.5 cm³/mol. The number of nitro groups is 1. The molecule has 1 aromatic rings. The molecule has 7 nitrogen and oxygen atoms in total. The van der Waals surface area contributed by atoms with Crippen LogP contribution in [0, 0.1) is 10.1 Å². The van der Waals surface area contributed by atoms with Crippen molar-refractivity contribution in [3.63, 3.8) is 0 Å². The monoisotopic (exact) mass is 279 g/mol. The fraction of sp³-hybridized carbons (Fsp3) is 0.500. The van der Waals surface area contributed by atoms with Crippen LogP contribution in [0.3, 0.4) is 0 Å². The molecular weight excluding hydrogens is 266 g/mol. The first-order valence-electron chi connectivity index (χ1n) is 4.80. The molecule has 0 radical (unpaired) electrons. The summed E-state index contributed by atoms with van der Waals surface area (Å²) in [5.74, 6) is 0. The van der Waals surface area contributed by atoms with Gasteiger partial charge < -0.3 is 5.73 Å². The van der Waals surface area contributed by atoms with Crippen molar-refractivity contribution in [1.29, 1.82) is 0 Å². The highest BCUT2D eigenvalue weighted by atomic mass is 32.2. The molecule has 2 N–H and O–H groups in total. The number of hydrogen-bond acceptors (Lipinski definition) is 6. The number of thiophene rings is 1. The van der Waals surface area contributed by atoms with Gasteiger partial charge in [0.1, 0.15) is 4.21 Å². The molecule has 0 aliphatic carbocycles. The van der Waals surface area contributed by atoms with E-state index in [0.717, 1.165) is 10.4 Å². The van der Waals surface area contributed by atoms with Gasteiger partial charge in [0.15, 0.2) is 5.00 Å². The maximum absolute atomic E-state index is 12.0. The fourth-order valence-electron chi connectivity index (χ4n) is 1.23. The van der Waals surface area contributed by atoms with Crippen molar-refractivity contribution in [2.45, 2.75) is 17.6 Å². The molecule has 0 saturated heterocycles. The lowest BCUT2D eigenvalue weighted by atomic mass is 10.5. The van der Waals surface area contributed by atoms with Crippen molar-refractivity contribution < 1.29 is 13.3 Å². The highest BCUT2D eigenvalue weighted by Crippen LogP contribution is 2.35. The van der Waals surface area contributed by atoms with Gasteiger partial charge in [-0.3, -0.25) is 10.1 Å². The van der Waals surface area contributed by atoms with Gasteiger partial charge >= 0.3 is 5.69 Å². The van der Waals surface area contributed by atoms with Crippen LogP contribution >= 0.6 is 11.3 Å². The average molecular weight is 279 g/mol. The second-order valence-electron chi connectivity index (χ2n) is 3.40. The molecule has 9 heteroatoms. The molecule has 0 fully saturated rings. The minimum atomic E-state index is -3.67. The number of rotatable bonds is 5. The lowest BCUT2D eigenvalue weighted by Gasteiger charge is -2.13. The normalized spacial score (nSPS) is 11.9. The van der Waals surface area contributed by atoms with E-state index in [1.165, 1.54) is 7.05 Å². The summed E-state index contributed by atoms with van der Waals surface area (Å²) in [6, 6.07) is 1.00. The van der Waals surface area contributed by atoms with Crippen LogP contribution in [0.5, 0.6) is 0 Å². The first kappa shape index (κ1) is 13.9. The van der Waals surface area contributed by atoms with Crippen LogP contribution in [0.25, 0.3) is 0 Å². The standard InChI is InChI=1S/C8H13N3O4S2/c1-3-4-10(2)17(14,15)7-5-6(11(12)13)8(9)16-7/h5H,3-4,9H2,1-2H3. The molecule has 0 atom stereocenters. The van der Waals surface area contributed by atoms with E-state index in [4.69, 9.17) is 5.73 Å². The molecule has 0 bridgehead atoms. The van der Waals surface area contributed by atoms with Gasteiger partial charge in [0.2, 0.25) is 0 Å². The van der Waals surface area contributed by atoms with Gasteiger partial charge in [0.05, 0.1) is 4.92 Å². The Kier molecular flexibility index (Phi) is 4.07. The quantitative estimate of drug-likeness (QED) is 0.645.